The molecule has 0 saturated heterocycles. The number of nitrogens with zero attached hydrogens (tertiary/aromatic N) is 2. The van der Waals surface area contributed by atoms with Crippen LogP contribution in [0.5, 0.6) is 5.75 Å². The quantitative estimate of drug-likeness (QED) is 0.714. The summed E-state index contributed by atoms with van der Waals surface area (Å²) in [5.41, 5.74) is 0.780. The van der Waals surface area contributed by atoms with Gasteiger partial charge < -0.3 is 9.52 Å². The lowest BCUT2D eigenvalue weighted by Gasteiger charge is -1.89. The van der Waals surface area contributed by atoms with E-state index >= 15 is 0 Å². The molecule has 2 aromatic heterocycles. The lowest BCUT2D eigenvalue weighted by molar-refractivity contribution is 0.483. The molecule has 0 aliphatic rings. The van der Waals surface area contributed by atoms with E-state index in [-0.39, 0.29) is 5.75 Å². The highest BCUT2D eigenvalue weighted by Crippen LogP contribution is 2.35. The smallest absolute Gasteiger partial charge is 0.321 e. The van der Waals surface area contributed by atoms with E-state index in [2.05, 4.69) is 9.98 Å². The minimum Gasteiger partial charge on any atom is -0.506 e. The summed E-state index contributed by atoms with van der Waals surface area (Å²) in [4.78, 5) is 8.87. The van der Waals surface area contributed by atoms with Gasteiger partial charge in [0.1, 0.15) is 12.0 Å². The zero-order chi connectivity index (χ0) is 12.5. The molecule has 90 valence electrons. The third-order valence-corrected chi connectivity index (χ3v) is 3.59. The second kappa shape index (κ2) is 4.27. The third kappa shape index (κ3) is 1.89. The van der Waals surface area contributed by atoms with E-state index in [1.807, 2.05) is 31.2 Å². The van der Waals surface area contributed by atoms with Crippen molar-refractivity contribution in [3.05, 3.63) is 41.1 Å². The number of hydrogen-bond donors (Lipinski definition) is 1. The summed E-state index contributed by atoms with van der Waals surface area (Å²) in [5, 5.41) is 10.9. The molecule has 0 bridgehead atoms. The first kappa shape index (κ1) is 11.0. The van der Waals surface area contributed by atoms with Crippen LogP contribution < -0.4 is 0 Å². The van der Waals surface area contributed by atoms with Crippen LogP contribution in [-0.2, 0) is 0 Å². The molecule has 3 aromatic rings. The number of aromatic nitrogens is 1. The fraction of sp³-hybridized carbons (Fsp3) is 0.0769. The Balaban J connectivity index is 2.00. The highest BCUT2D eigenvalue weighted by Gasteiger charge is 2.08. The van der Waals surface area contributed by atoms with Gasteiger partial charge in [0.15, 0.2) is 0 Å². The summed E-state index contributed by atoms with van der Waals surface area (Å²) in [5.74, 6) is 0.252. The summed E-state index contributed by atoms with van der Waals surface area (Å²) in [7, 11) is 0. The molecule has 0 aliphatic carbocycles. The monoisotopic (exact) mass is 258 g/mol. The van der Waals surface area contributed by atoms with E-state index in [1.165, 1.54) is 17.6 Å². The Labute approximate surface area is 107 Å². The Bertz CT molecular complexity index is 728. The molecule has 2 heterocycles. The van der Waals surface area contributed by atoms with Crippen molar-refractivity contribution in [3.63, 3.8) is 0 Å². The van der Waals surface area contributed by atoms with Gasteiger partial charge in [-0.15, -0.1) is 11.3 Å². The minimum absolute atomic E-state index is 0.252. The van der Waals surface area contributed by atoms with Gasteiger partial charge in [0.05, 0.1) is 16.8 Å². The molecule has 1 aromatic carbocycles. The average Bonchev–Trinajstić information content (AvgIpc) is 2.92. The van der Waals surface area contributed by atoms with Gasteiger partial charge in [-0.05, 0) is 19.1 Å². The standard InChI is InChI=1S/C13H10N2O2S/c1-8-7-17-13(15-8)14-6-11-12(16)9-4-2-3-5-10(9)18-11/h2-7,16H,1H3/b14-6+. The maximum absolute atomic E-state index is 10.0. The lowest BCUT2D eigenvalue weighted by atomic mass is 10.2. The van der Waals surface area contributed by atoms with Crippen molar-refractivity contribution in [2.75, 3.05) is 0 Å². The summed E-state index contributed by atoms with van der Waals surface area (Å²) in [6.45, 7) is 1.83. The molecule has 0 atom stereocenters. The van der Waals surface area contributed by atoms with Crippen molar-refractivity contribution in [1.29, 1.82) is 0 Å². The van der Waals surface area contributed by atoms with Gasteiger partial charge in [-0.2, -0.15) is 4.98 Å². The Kier molecular flexibility index (Phi) is 2.60. The van der Waals surface area contributed by atoms with E-state index in [4.69, 9.17) is 4.42 Å². The topological polar surface area (TPSA) is 58.6 Å². The molecule has 0 spiro atoms. The van der Waals surface area contributed by atoms with E-state index in [0.29, 0.717) is 10.9 Å². The highest BCUT2D eigenvalue weighted by molar-refractivity contribution is 7.21. The molecule has 0 unspecified atom stereocenters. The Morgan fingerprint density at radius 2 is 2.22 bits per heavy atom. The maximum Gasteiger partial charge on any atom is 0.321 e. The first-order valence-corrected chi connectivity index (χ1v) is 6.22. The number of aliphatic imine (C=N–C) groups is 1. The number of benzene rings is 1. The summed E-state index contributed by atoms with van der Waals surface area (Å²) in [6, 6.07) is 7.98. The first-order valence-electron chi connectivity index (χ1n) is 5.41. The van der Waals surface area contributed by atoms with Crippen molar-refractivity contribution in [3.8, 4) is 5.75 Å². The molecule has 1 N–H and O–H groups in total. The zero-order valence-corrected chi connectivity index (χ0v) is 10.4. The van der Waals surface area contributed by atoms with E-state index < -0.39 is 0 Å². The van der Waals surface area contributed by atoms with Crippen LogP contribution in [0.2, 0.25) is 0 Å². The number of hydrogen-bond acceptors (Lipinski definition) is 5. The fourth-order valence-electron chi connectivity index (χ4n) is 1.65. The molecule has 5 heteroatoms. The molecule has 0 fully saturated rings. The fourth-order valence-corrected chi connectivity index (χ4v) is 2.62. The van der Waals surface area contributed by atoms with Crippen molar-refractivity contribution < 1.29 is 9.52 Å². The number of aromatic hydroxyl groups is 1. The molecule has 0 amide bonds. The second-order valence-corrected chi connectivity index (χ2v) is 4.92. The first-order chi connectivity index (χ1) is 8.74. The van der Waals surface area contributed by atoms with Crippen LogP contribution in [0.25, 0.3) is 10.1 Å². The number of aryl methyl sites for hydroxylation is 1. The molecule has 0 aliphatic heterocycles. The molecular weight excluding hydrogens is 248 g/mol. The van der Waals surface area contributed by atoms with E-state index in [1.54, 1.807) is 6.21 Å². The normalized spacial score (nSPS) is 11.6. The Morgan fingerprint density at radius 1 is 1.39 bits per heavy atom. The van der Waals surface area contributed by atoms with Crippen molar-refractivity contribution >= 4 is 33.7 Å². The summed E-state index contributed by atoms with van der Waals surface area (Å²) >= 11 is 1.48. The average molecular weight is 258 g/mol. The largest absolute Gasteiger partial charge is 0.506 e. The Hall–Kier alpha value is -2.14. The Morgan fingerprint density at radius 3 is 2.94 bits per heavy atom. The predicted molar refractivity (Wildman–Crippen MR) is 72.0 cm³/mol. The number of fused-ring (bicyclic) bond motifs is 1. The van der Waals surface area contributed by atoms with Gasteiger partial charge in [-0.3, -0.25) is 0 Å². The van der Waals surface area contributed by atoms with Gasteiger partial charge in [0.2, 0.25) is 0 Å². The van der Waals surface area contributed by atoms with Crippen LogP contribution in [0.15, 0.2) is 39.9 Å². The SMILES string of the molecule is Cc1coc(/N=C/c2sc3ccccc3c2O)n1. The summed E-state index contributed by atoms with van der Waals surface area (Å²) < 4.78 is 6.14. The molecule has 0 radical (unpaired) electrons. The lowest BCUT2D eigenvalue weighted by Crippen LogP contribution is -1.74. The van der Waals surface area contributed by atoms with Crippen LogP contribution in [0.3, 0.4) is 0 Å². The van der Waals surface area contributed by atoms with Gasteiger partial charge in [0.25, 0.3) is 0 Å². The molecule has 0 saturated carbocycles. The van der Waals surface area contributed by atoms with Gasteiger partial charge in [-0.1, -0.05) is 12.1 Å². The number of thiophene rings is 1. The van der Waals surface area contributed by atoms with Crippen LogP contribution in [0.1, 0.15) is 10.6 Å². The predicted octanol–water partition coefficient (Wildman–Crippen LogP) is 3.65. The highest BCUT2D eigenvalue weighted by atomic mass is 32.1. The van der Waals surface area contributed by atoms with E-state index in [0.717, 1.165) is 15.8 Å². The van der Waals surface area contributed by atoms with Crippen LogP contribution in [0, 0.1) is 6.92 Å². The molecular formula is C13H10N2O2S. The van der Waals surface area contributed by atoms with Crippen LogP contribution >= 0.6 is 11.3 Å². The number of oxazole rings is 1. The summed E-state index contributed by atoms with van der Waals surface area (Å²) in [6.07, 6.45) is 3.11. The van der Waals surface area contributed by atoms with Gasteiger partial charge in [-0.25, -0.2) is 4.99 Å². The van der Waals surface area contributed by atoms with Crippen LogP contribution in [0.4, 0.5) is 6.01 Å². The zero-order valence-electron chi connectivity index (χ0n) is 9.62. The second-order valence-electron chi connectivity index (χ2n) is 3.84. The van der Waals surface area contributed by atoms with Crippen molar-refractivity contribution in [2.24, 2.45) is 4.99 Å². The maximum atomic E-state index is 10.0. The van der Waals surface area contributed by atoms with Gasteiger partial charge >= 0.3 is 6.01 Å². The molecule has 3 rings (SSSR count). The van der Waals surface area contributed by atoms with Gasteiger partial charge in [0, 0.05) is 10.1 Å². The minimum atomic E-state index is 0.252. The van der Waals surface area contributed by atoms with Crippen molar-refractivity contribution in [2.45, 2.75) is 6.92 Å². The van der Waals surface area contributed by atoms with Crippen LogP contribution in [-0.4, -0.2) is 16.3 Å². The van der Waals surface area contributed by atoms with Crippen molar-refractivity contribution in [1.82, 2.24) is 4.98 Å². The van der Waals surface area contributed by atoms with E-state index in [9.17, 15) is 5.11 Å². The third-order valence-electron chi connectivity index (χ3n) is 2.49. The molecule has 4 nitrogen and oxygen atoms in total. The molecule has 18 heavy (non-hydrogen) atoms. The number of rotatable bonds is 2.